The molecule has 0 aliphatic heterocycles. The van der Waals surface area contributed by atoms with Gasteiger partial charge in [0.15, 0.2) is 0 Å². The number of aromatic nitrogens is 2. The van der Waals surface area contributed by atoms with Crippen LogP contribution < -0.4 is 10.2 Å². The number of hydrogen-bond donors (Lipinski definition) is 1. The van der Waals surface area contributed by atoms with Crippen LogP contribution in [0.2, 0.25) is 0 Å². The van der Waals surface area contributed by atoms with Crippen molar-refractivity contribution >= 4 is 33.3 Å². The molecule has 0 bridgehead atoms. The highest BCUT2D eigenvalue weighted by Gasteiger charge is 2.32. The van der Waals surface area contributed by atoms with Crippen LogP contribution in [0.25, 0.3) is 10.2 Å². The van der Waals surface area contributed by atoms with Gasteiger partial charge < -0.3 is 10.2 Å². The summed E-state index contributed by atoms with van der Waals surface area (Å²) in [6.45, 7) is 4.42. The predicted molar refractivity (Wildman–Crippen MR) is 82.3 cm³/mol. The quantitative estimate of drug-likeness (QED) is 0.930. The van der Waals surface area contributed by atoms with Crippen LogP contribution in [0, 0.1) is 12.8 Å². The van der Waals surface area contributed by atoms with Crippen molar-refractivity contribution in [3.05, 3.63) is 10.9 Å². The Morgan fingerprint density at radius 2 is 2.16 bits per heavy atom. The Morgan fingerprint density at radius 1 is 1.42 bits per heavy atom. The number of anilines is 2. The Hall–Kier alpha value is -1.36. The van der Waals surface area contributed by atoms with Crippen LogP contribution in [0.3, 0.4) is 0 Å². The molecule has 1 saturated carbocycles. The van der Waals surface area contributed by atoms with Crippen LogP contribution in [-0.4, -0.2) is 30.1 Å². The molecule has 19 heavy (non-hydrogen) atoms. The Labute approximate surface area is 117 Å². The molecule has 0 aromatic carbocycles. The molecule has 1 atom stereocenters. The minimum absolute atomic E-state index is 0.544. The van der Waals surface area contributed by atoms with Crippen LogP contribution in [0.4, 0.5) is 11.8 Å². The summed E-state index contributed by atoms with van der Waals surface area (Å²) in [6.07, 6.45) is 2.70. The topological polar surface area (TPSA) is 41.1 Å². The van der Waals surface area contributed by atoms with Crippen molar-refractivity contribution in [3.8, 4) is 0 Å². The number of nitrogens with one attached hydrogen (secondary N) is 1. The number of thiophene rings is 1. The van der Waals surface area contributed by atoms with Crippen LogP contribution >= 0.6 is 11.3 Å². The second-order valence-corrected chi connectivity index (χ2v) is 6.62. The molecule has 1 aliphatic carbocycles. The molecule has 2 heterocycles. The van der Waals surface area contributed by atoms with Gasteiger partial charge >= 0.3 is 0 Å². The van der Waals surface area contributed by atoms with E-state index in [1.165, 1.54) is 23.1 Å². The van der Waals surface area contributed by atoms with Crippen LogP contribution in [0.1, 0.15) is 24.6 Å². The van der Waals surface area contributed by atoms with E-state index in [4.69, 9.17) is 0 Å². The second-order valence-electron chi connectivity index (χ2n) is 5.39. The predicted octanol–water partition coefficient (Wildman–Crippen LogP) is 3.28. The van der Waals surface area contributed by atoms with Crippen LogP contribution in [-0.2, 0) is 0 Å². The van der Waals surface area contributed by atoms with Gasteiger partial charge in [-0.05, 0) is 38.7 Å². The first-order valence-corrected chi connectivity index (χ1v) is 7.60. The highest BCUT2D eigenvalue weighted by Crippen LogP contribution is 2.38. The third kappa shape index (κ3) is 2.27. The number of nitrogens with zero attached hydrogens (tertiary/aromatic N) is 3. The maximum atomic E-state index is 4.67. The molecule has 5 heteroatoms. The summed E-state index contributed by atoms with van der Waals surface area (Å²) in [6, 6.07) is 2.74. The Morgan fingerprint density at radius 3 is 2.79 bits per heavy atom. The minimum Gasteiger partial charge on any atom is -0.357 e. The lowest BCUT2D eigenvalue weighted by atomic mass is 10.2. The van der Waals surface area contributed by atoms with Crippen molar-refractivity contribution < 1.29 is 0 Å². The first-order valence-electron chi connectivity index (χ1n) is 6.79. The lowest BCUT2D eigenvalue weighted by Gasteiger charge is -2.26. The maximum absolute atomic E-state index is 4.67. The molecule has 1 fully saturated rings. The van der Waals surface area contributed by atoms with E-state index in [9.17, 15) is 0 Å². The van der Waals surface area contributed by atoms with Crippen LogP contribution in [0.15, 0.2) is 6.07 Å². The number of hydrogen-bond acceptors (Lipinski definition) is 5. The molecular formula is C14H20N4S. The zero-order valence-corrected chi connectivity index (χ0v) is 12.7. The summed E-state index contributed by atoms with van der Waals surface area (Å²) in [4.78, 5) is 13.9. The largest absolute Gasteiger partial charge is 0.357 e. The van der Waals surface area contributed by atoms with Crippen molar-refractivity contribution in [2.45, 2.75) is 32.7 Å². The van der Waals surface area contributed by atoms with Crippen molar-refractivity contribution in [2.75, 3.05) is 24.3 Å². The Bertz CT molecular complexity index is 603. The van der Waals surface area contributed by atoms with E-state index in [-0.39, 0.29) is 0 Å². The van der Waals surface area contributed by atoms with Gasteiger partial charge in [0, 0.05) is 25.0 Å². The van der Waals surface area contributed by atoms with Gasteiger partial charge in [-0.2, -0.15) is 4.98 Å². The molecule has 2 aromatic heterocycles. The first kappa shape index (κ1) is 12.7. The van der Waals surface area contributed by atoms with E-state index in [0.717, 1.165) is 16.6 Å². The summed E-state index contributed by atoms with van der Waals surface area (Å²) in [5.74, 6) is 2.59. The third-order valence-corrected chi connectivity index (χ3v) is 4.91. The lowest BCUT2D eigenvalue weighted by Crippen LogP contribution is -2.31. The SMILES string of the molecule is CNc1nc(N(C)C(C)C2CC2)c2cc(C)sc2n1. The fourth-order valence-corrected chi connectivity index (χ4v) is 3.37. The number of fused-ring (bicyclic) bond motifs is 1. The molecule has 1 unspecified atom stereocenters. The van der Waals surface area contributed by atoms with Crippen molar-refractivity contribution in [1.29, 1.82) is 0 Å². The van der Waals surface area contributed by atoms with Crippen molar-refractivity contribution in [1.82, 2.24) is 9.97 Å². The van der Waals surface area contributed by atoms with Gasteiger partial charge in [0.05, 0.1) is 5.39 Å². The second kappa shape index (κ2) is 4.63. The molecule has 102 valence electrons. The van der Waals surface area contributed by atoms with Gasteiger partial charge in [-0.1, -0.05) is 0 Å². The summed E-state index contributed by atoms with van der Waals surface area (Å²) >= 11 is 1.73. The van der Waals surface area contributed by atoms with Crippen molar-refractivity contribution in [3.63, 3.8) is 0 Å². The number of rotatable bonds is 4. The van der Waals surface area contributed by atoms with E-state index < -0.39 is 0 Å². The normalized spacial score (nSPS) is 16.6. The fraction of sp³-hybridized carbons (Fsp3) is 0.571. The fourth-order valence-electron chi connectivity index (χ4n) is 2.50. The third-order valence-electron chi connectivity index (χ3n) is 3.97. The van der Waals surface area contributed by atoms with Gasteiger partial charge in [0.1, 0.15) is 10.6 Å². The smallest absolute Gasteiger partial charge is 0.225 e. The van der Waals surface area contributed by atoms with Gasteiger partial charge in [-0.15, -0.1) is 11.3 Å². The zero-order valence-electron chi connectivity index (χ0n) is 11.9. The zero-order chi connectivity index (χ0) is 13.6. The average molecular weight is 276 g/mol. The molecule has 0 radical (unpaired) electrons. The molecule has 3 rings (SSSR count). The van der Waals surface area contributed by atoms with E-state index in [2.05, 4.69) is 47.1 Å². The van der Waals surface area contributed by atoms with E-state index in [0.29, 0.717) is 12.0 Å². The molecule has 0 spiro atoms. The van der Waals surface area contributed by atoms with E-state index in [1.54, 1.807) is 11.3 Å². The maximum Gasteiger partial charge on any atom is 0.225 e. The summed E-state index contributed by atoms with van der Waals surface area (Å²) in [5, 5.41) is 4.24. The van der Waals surface area contributed by atoms with Gasteiger partial charge in [0.2, 0.25) is 5.95 Å². The summed E-state index contributed by atoms with van der Waals surface area (Å²) in [7, 11) is 4.02. The van der Waals surface area contributed by atoms with Crippen molar-refractivity contribution in [2.24, 2.45) is 5.92 Å². The molecule has 4 nitrogen and oxygen atoms in total. The number of aryl methyl sites for hydroxylation is 1. The molecular weight excluding hydrogens is 256 g/mol. The van der Waals surface area contributed by atoms with Crippen LogP contribution in [0.5, 0.6) is 0 Å². The summed E-state index contributed by atoms with van der Waals surface area (Å²) < 4.78 is 0. The first-order chi connectivity index (χ1) is 9.10. The highest BCUT2D eigenvalue weighted by molar-refractivity contribution is 7.18. The van der Waals surface area contributed by atoms with Gasteiger partial charge in [-0.25, -0.2) is 4.98 Å². The van der Waals surface area contributed by atoms with E-state index in [1.807, 2.05) is 7.05 Å². The molecule has 0 amide bonds. The molecule has 1 aliphatic rings. The molecule has 2 aromatic rings. The van der Waals surface area contributed by atoms with Gasteiger partial charge in [-0.3, -0.25) is 0 Å². The van der Waals surface area contributed by atoms with Gasteiger partial charge in [0.25, 0.3) is 0 Å². The standard InChI is InChI=1S/C14H20N4S/c1-8-7-11-12(18(4)9(2)10-5-6-10)16-14(15-3)17-13(11)19-8/h7,9-10H,5-6H2,1-4H3,(H,15,16,17). The monoisotopic (exact) mass is 276 g/mol. The Kier molecular flexibility index (Phi) is 3.09. The molecule has 1 N–H and O–H groups in total. The molecule has 0 saturated heterocycles. The average Bonchev–Trinajstić information content (AvgIpc) is 3.17. The summed E-state index contributed by atoms with van der Waals surface area (Å²) in [5.41, 5.74) is 0. The highest BCUT2D eigenvalue weighted by atomic mass is 32.1. The lowest BCUT2D eigenvalue weighted by molar-refractivity contribution is 0.605. The van der Waals surface area contributed by atoms with E-state index >= 15 is 0 Å². The minimum atomic E-state index is 0.544. The Balaban J connectivity index is 2.08.